The van der Waals surface area contributed by atoms with E-state index in [2.05, 4.69) is 10.5 Å². The van der Waals surface area contributed by atoms with Crippen molar-refractivity contribution in [1.29, 1.82) is 0 Å². The van der Waals surface area contributed by atoms with Crippen molar-refractivity contribution in [2.45, 2.75) is 20.0 Å². The monoisotopic (exact) mass is 382 g/mol. The van der Waals surface area contributed by atoms with Gasteiger partial charge in [0.05, 0.1) is 6.61 Å². The lowest BCUT2D eigenvalue weighted by atomic mass is 10.0. The van der Waals surface area contributed by atoms with E-state index >= 15 is 0 Å². The quantitative estimate of drug-likeness (QED) is 0.730. The molecule has 6 nitrogen and oxygen atoms in total. The Labute approximate surface area is 161 Å². The predicted molar refractivity (Wildman–Crippen MR) is 99.4 cm³/mol. The first kappa shape index (κ1) is 18.2. The Morgan fingerprint density at radius 2 is 2.07 bits per heavy atom. The molecule has 0 radical (unpaired) electrons. The summed E-state index contributed by atoms with van der Waals surface area (Å²) in [4.78, 5) is 12.7. The minimum atomic E-state index is -0.351. The van der Waals surface area contributed by atoms with Gasteiger partial charge in [-0.1, -0.05) is 35.5 Å². The van der Waals surface area contributed by atoms with Crippen molar-refractivity contribution >= 4 is 5.91 Å². The van der Waals surface area contributed by atoms with Gasteiger partial charge in [-0.15, -0.1) is 0 Å². The highest BCUT2D eigenvalue weighted by molar-refractivity contribution is 6.00. The number of fused-ring (bicyclic) bond motifs is 1. The standard InChI is InChI=1S/C21H19FN2O4/c1-13-18(19(24-28-13)14-5-3-2-4-6-14)21(25)23-8-7-15-9-17(22)10-16-11-26-12-27-20(15)16/h2-6,9-10H,7-8,11-12H2,1H3,(H,23,25). The summed E-state index contributed by atoms with van der Waals surface area (Å²) in [6.45, 7) is 2.47. The van der Waals surface area contributed by atoms with Gasteiger partial charge in [0.1, 0.15) is 28.6 Å². The SMILES string of the molecule is Cc1onc(-c2ccccc2)c1C(=O)NCCc1cc(F)cc2c1OCOC2. The van der Waals surface area contributed by atoms with Gasteiger partial charge in [0.25, 0.3) is 5.91 Å². The molecule has 2 aromatic carbocycles. The zero-order valence-corrected chi connectivity index (χ0v) is 15.3. The van der Waals surface area contributed by atoms with Gasteiger partial charge < -0.3 is 19.3 Å². The largest absolute Gasteiger partial charge is 0.467 e. The first-order valence-electron chi connectivity index (χ1n) is 8.95. The van der Waals surface area contributed by atoms with Crippen molar-refractivity contribution in [1.82, 2.24) is 10.5 Å². The predicted octanol–water partition coefficient (Wildman–Crippen LogP) is 3.63. The molecule has 1 aliphatic rings. The van der Waals surface area contributed by atoms with E-state index in [-0.39, 0.29) is 18.5 Å². The lowest BCUT2D eigenvalue weighted by molar-refractivity contribution is -0.0172. The molecule has 2 heterocycles. The van der Waals surface area contributed by atoms with E-state index in [0.29, 0.717) is 53.5 Å². The van der Waals surface area contributed by atoms with Gasteiger partial charge in [-0.2, -0.15) is 0 Å². The van der Waals surface area contributed by atoms with Crippen LogP contribution in [0.15, 0.2) is 47.0 Å². The maximum atomic E-state index is 13.8. The second-order valence-corrected chi connectivity index (χ2v) is 6.50. The van der Waals surface area contributed by atoms with Crippen molar-refractivity contribution in [3.05, 3.63) is 70.7 Å². The number of aromatic nitrogens is 1. The van der Waals surface area contributed by atoms with Crippen LogP contribution in [0.4, 0.5) is 4.39 Å². The molecule has 0 aliphatic carbocycles. The molecule has 1 amide bonds. The molecule has 7 heteroatoms. The number of carbonyl (C=O) groups excluding carboxylic acids is 1. The molecule has 1 aromatic heterocycles. The molecule has 0 fully saturated rings. The number of aryl methyl sites for hydroxylation is 1. The van der Waals surface area contributed by atoms with Gasteiger partial charge in [-0.25, -0.2) is 4.39 Å². The molecule has 1 N–H and O–H groups in total. The molecule has 1 aliphatic heterocycles. The third-order valence-corrected chi connectivity index (χ3v) is 4.57. The number of ether oxygens (including phenoxy) is 2. The summed E-state index contributed by atoms with van der Waals surface area (Å²) < 4.78 is 29.8. The van der Waals surface area contributed by atoms with Crippen molar-refractivity contribution in [3.8, 4) is 17.0 Å². The molecular weight excluding hydrogens is 363 g/mol. The Morgan fingerprint density at radius 1 is 1.25 bits per heavy atom. The first-order valence-corrected chi connectivity index (χ1v) is 8.95. The molecule has 144 valence electrons. The van der Waals surface area contributed by atoms with Gasteiger partial charge >= 0.3 is 0 Å². The summed E-state index contributed by atoms with van der Waals surface area (Å²) in [5, 5.41) is 6.89. The van der Waals surface area contributed by atoms with Gasteiger partial charge in [0.15, 0.2) is 6.79 Å². The number of hydrogen-bond donors (Lipinski definition) is 1. The number of nitrogens with one attached hydrogen (secondary N) is 1. The molecule has 0 saturated heterocycles. The fraction of sp³-hybridized carbons (Fsp3) is 0.238. The second-order valence-electron chi connectivity index (χ2n) is 6.50. The Balaban J connectivity index is 1.48. The molecule has 4 rings (SSSR count). The van der Waals surface area contributed by atoms with E-state index in [1.54, 1.807) is 6.92 Å². The Bertz CT molecular complexity index is 1000. The van der Waals surface area contributed by atoms with E-state index in [1.165, 1.54) is 12.1 Å². The average molecular weight is 382 g/mol. The summed E-state index contributed by atoms with van der Waals surface area (Å²) in [5.41, 5.74) is 3.08. The van der Waals surface area contributed by atoms with Crippen LogP contribution in [-0.2, 0) is 17.8 Å². The fourth-order valence-electron chi connectivity index (χ4n) is 3.27. The number of amides is 1. The summed E-state index contributed by atoms with van der Waals surface area (Å²) in [6, 6.07) is 12.2. The van der Waals surface area contributed by atoms with Crippen molar-refractivity contribution in [2.24, 2.45) is 0 Å². The number of benzene rings is 2. The first-order chi connectivity index (χ1) is 13.6. The fourth-order valence-corrected chi connectivity index (χ4v) is 3.27. The van der Waals surface area contributed by atoms with Crippen LogP contribution in [-0.4, -0.2) is 24.4 Å². The summed E-state index contributed by atoms with van der Waals surface area (Å²) >= 11 is 0. The number of hydrogen-bond acceptors (Lipinski definition) is 5. The van der Waals surface area contributed by atoms with Crippen LogP contribution in [0.2, 0.25) is 0 Å². The summed E-state index contributed by atoms with van der Waals surface area (Å²) in [6.07, 6.45) is 0.427. The minimum absolute atomic E-state index is 0.137. The molecule has 0 spiro atoms. The van der Waals surface area contributed by atoms with E-state index < -0.39 is 0 Å². The van der Waals surface area contributed by atoms with Crippen molar-refractivity contribution in [2.75, 3.05) is 13.3 Å². The third-order valence-electron chi connectivity index (χ3n) is 4.57. The maximum Gasteiger partial charge on any atom is 0.257 e. The maximum absolute atomic E-state index is 13.8. The van der Waals surface area contributed by atoms with Crippen molar-refractivity contribution < 1.29 is 23.2 Å². The minimum Gasteiger partial charge on any atom is -0.467 e. The average Bonchev–Trinajstić information content (AvgIpc) is 3.10. The highest BCUT2D eigenvalue weighted by atomic mass is 19.1. The van der Waals surface area contributed by atoms with Crippen LogP contribution < -0.4 is 10.1 Å². The van der Waals surface area contributed by atoms with Crippen LogP contribution in [0.1, 0.15) is 27.2 Å². The molecular formula is C21H19FN2O4. The molecule has 3 aromatic rings. The van der Waals surface area contributed by atoms with E-state index in [4.69, 9.17) is 14.0 Å². The third kappa shape index (κ3) is 3.61. The number of halogens is 1. The van der Waals surface area contributed by atoms with E-state index in [1.807, 2.05) is 30.3 Å². The molecule has 28 heavy (non-hydrogen) atoms. The zero-order valence-electron chi connectivity index (χ0n) is 15.3. The topological polar surface area (TPSA) is 73.6 Å². The van der Waals surface area contributed by atoms with Gasteiger partial charge in [-0.05, 0) is 31.0 Å². The molecule has 0 bridgehead atoms. The smallest absolute Gasteiger partial charge is 0.257 e. The number of rotatable bonds is 5. The molecule has 0 unspecified atom stereocenters. The normalized spacial score (nSPS) is 12.9. The lowest BCUT2D eigenvalue weighted by Crippen LogP contribution is -2.27. The van der Waals surface area contributed by atoms with Crippen LogP contribution in [0.3, 0.4) is 0 Å². The van der Waals surface area contributed by atoms with Gasteiger partial charge in [-0.3, -0.25) is 4.79 Å². The Morgan fingerprint density at radius 3 is 2.89 bits per heavy atom. The van der Waals surface area contributed by atoms with Crippen molar-refractivity contribution in [3.63, 3.8) is 0 Å². The molecule has 0 atom stereocenters. The van der Waals surface area contributed by atoms with Crippen LogP contribution in [0, 0.1) is 12.7 Å². The van der Waals surface area contributed by atoms with Crippen LogP contribution in [0.5, 0.6) is 5.75 Å². The second kappa shape index (κ2) is 7.82. The highest BCUT2D eigenvalue weighted by Gasteiger charge is 2.22. The van der Waals surface area contributed by atoms with Crippen LogP contribution >= 0.6 is 0 Å². The zero-order chi connectivity index (χ0) is 19.5. The Hall–Kier alpha value is -3.19. The summed E-state index contributed by atoms with van der Waals surface area (Å²) in [5.74, 6) is 0.440. The van der Waals surface area contributed by atoms with Crippen LogP contribution in [0.25, 0.3) is 11.3 Å². The Kier molecular flexibility index (Phi) is 5.08. The van der Waals surface area contributed by atoms with E-state index in [0.717, 1.165) is 5.56 Å². The van der Waals surface area contributed by atoms with Gasteiger partial charge in [0, 0.05) is 17.7 Å². The lowest BCUT2D eigenvalue weighted by Gasteiger charge is -2.21. The van der Waals surface area contributed by atoms with Gasteiger partial charge in [0.2, 0.25) is 0 Å². The van der Waals surface area contributed by atoms with E-state index in [9.17, 15) is 9.18 Å². The molecule has 0 saturated carbocycles. The summed E-state index contributed by atoms with van der Waals surface area (Å²) in [7, 11) is 0. The number of carbonyl (C=O) groups is 1. The highest BCUT2D eigenvalue weighted by Crippen LogP contribution is 2.30. The number of nitrogens with zero attached hydrogens (tertiary/aromatic N) is 1.